The van der Waals surface area contributed by atoms with Crippen LogP contribution in [0, 0.1) is 0 Å². The van der Waals surface area contributed by atoms with Gasteiger partial charge < -0.3 is 9.84 Å². The second kappa shape index (κ2) is 2.74. The van der Waals surface area contributed by atoms with Crippen molar-refractivity contribution in [2.24, 2.45) is 0 Å². The zero-order chi connectivity index (χ0) is 8.43. The van der Waals surface area contributed by atoms with Crippen LogP contribution in [0.1, 0.15) is 13.3 Å². The monoisotopic (exact) mass is 156 g/mol. The average Bonchev–Trinajstić information content (AvgIpc) is 2.30. The molecule has 0 aliphatic carbocycles. The molecule has 4 nitrogen and oxygen atoms in total. The van der Waals surface area contributed by atoms with Gasteiger partial charge in [0.2, 0.25) is 0 Å². The van der Waals surface area contributed by atoms with Gasteiger partial charge >= 0.3 is 11.9 Å². The van der Waals surface area contributed by atoms with Crippen LogP contribution in [0.5, 0.6) is 0 Å². The van der Waals surface area contributed by atoms with E-state index in [1.165, 1.54) is 0 Å². The molecule has 0 amide bonds. The Balaban J connectivity index is 2.98. The molecule has 0 bridgehead atoms. The molecular weight excluding hydrogens is 148 g/mol. The summed E-state index contributed by atoms with van der Waals surface area (Å²) >= 11 is 0. The van der Waals surface area contributed by atoms with Crippen molar-refractivity contribution < 1.29 is 19.4 Å². The molecule has 0 aromatic carbocycles. The molecule has 0 fully saturated rings. The normalized spacial score (nSPS) is 17.0. The first-order valence-corrected chi connectivity index (χ1v) is 3.29. The first-order chi connectivity index (χ1) is 5.16. The lowest BCUT2D eigenvalue weighted by Crippen LogP contribution is -2.03. The summed E-state index contributed by atoms with van der Waals surface area (Å²) in [6, 6.07) is 0. The van der Waals surface area contributed by atoms with Gasteiger partial charge in [-0.05, 0) is 6.42 Å². The Labute approximate surface area is 63.5 Å². The van der Waals surface area contributed by atoms with Gasteiger partial charge in [-0.1, -0.05) is 6.92 Å². The lowest BCUT2D eigenvalue weighted by molar-refractivity contribution is -0.136. The summed E-state index contributed by atoms with van der Waals surface area (Å²) in [5.74, 6) is -1.56. The third-order valence-electron chi connectivity index (χ3n) is 1.57. The fourth-order valence-electron chi connectivity index (χ4n) is 0.984. The van der Waals surface area contributed by atoms with Crippen molar-refractivity contribution in [3.8, 4) is 0 Å². The van der Waals surface area contributed by atoms with Crippen LogP contribution in [0.25, 0.3) is 0 Å². The van der Waals surface area contributed by atoms with Gasteiger partial charge in [0.05, 0.1) is 11.1 Å². The molecule has 1 aliphatic heterocycles. The van der Waals surface area contributed by atoms with E-state index in [2.05, 4.69) is 4.74 Å². The fraction of sp³-hybridized carbons (Fsp3) is 0.429. The maximum atomic E-state index is 10.8. The summed E-state index contributed by atoms with van der Waals surface area (Å²) in [5, 5.41) is 8.54. The molecule has 1 N–H and O–H groups in total. The highest BCUT2D eigenvalue weighted by Crippen LogP contribution is 2.18. The van der Waals surface area contributed by atoms with Gasteiger partial charge in [-0.15, -0.1) is 0 Å². The van der Waals surface area contributed by atoms with Crippen molar-refractivity contribution in [2.75, 3.05) is 6.61 Å². The van der Waals surface area contributed by atoms with Crippen molar-refractivity contribution in [2.45, 2.75) is 13.3 Å². The van der Waals surface area contributed by atoms with Crippen LogP contribution in [-0.2, 0) is 14.3 Å². The van der Waals surface area contributed by atoms with E-state index in [4.69, 9.17) is 5.11 Å². The van der Waals surface area contributed by atoms with E-state index >= 15 is 0 Å². The number of carbonyl (C=O) groups excluding carboxylic acids is 1. The highest BCUT2D eigenvalue weighted by molar-refractivity contribution is 6.02. The van der Waals surface area contributed by atoms with Crippen LogP contribution in [0.2, 0.25) is 0 Å². The molecule has 0 saturated carbocycles. The minimum atomic E-state index is -1.06. The molecule has 11 heavy (non-hydrogen) atoms. The van der Waals surface area contributed by atoms with Gasteiger partial charge in [-0.2, -0.15) is 0 Å². The van der Waals surface area contributed by atoms with Gasteiger partial charge in [0, 0.05) is 0 Å². The zero-order valence-corrected chi connectivity index (χ0v) is 6.09. The predicted molar refractivity (Wildman–Crippen MR) is 35.9 cm³/mol. The summed E-state index contributed by atoms with van der Waals surface area (Å²) in [6.07, 6.45) is 0.417. The van der Waals surface area contributed by atoms with Crippen LogP contribution in [0.3, 0.4) is 0 Å². The molecule has 1 rings (SSSR count). The first-order valence-electron chi connectivity index (χ1n) is 3.29. The van der Waals surface area contributed by atoms with Crippen LogP contribution in [0.15, 0.2) is 11.1 Å². The number of esters is 1. The molecule has 0 aromatic heterocycles. The Morgan fingerprint density at radius 3 is 2.73 bits per heavy atom. The Kier molecular flexibility index (Phi) is 1.94. The maximum Gasteiger partial charge on any atom is 0.335 e. The molecule has 60 valence electrons. The molecule has 0 saturated heterocycles. The number of rotatable bonds is 2. The molecule has 0 radical (unpaired) electrons. The minimum Gasteiger partial charge on any atom is -0.478 e. The Morgan fingerprint density at radius 1 is 1.73 bits per heavy atom. The van der Waals surface area contributed by atoms with E-state index in [1.807, 2.05) is 0 Å². The number of carboxylic acids is 1. The lowest BCUT2D eigenvalue weighted by atomic mass is 10.1. The van der Waals surface area contributed by atoms with E-state index in [0.29, 0.717) is 6.42 Å². The zero-order valence-electron chi connectivity index (χ0n) is 6.09. The maximum absolute atomic E-state index is 10.8. The van der Waals surface area contributed by atoms with Crippen LogP contribution < -0.4 is 0 Å². The van der Waals surface area contributed by atoms with E-state index in [9.17, 15) is 9.59 Å². The Bertz CT molecular complexity index is 239. The number of carbonyl (C=O) groups is 2. The third kappa shape index (κ3) is 1.24. The molecule has 0 aromatic rings. The number of ether oxygens (including phenoxy) is 1. The average molecular weight is 156 g/mol. The van der Waals surface area contributed by atoms with Gasteiger partial charge in [0.25, 0.3) is 0 Å². The summed E-state index contributed by atoms with van der Waals surface area (Å²) in [7, 11) is 0. The standard InChI is InChI=1S/C7H8O4/c1-2-4-5(6(8)9)3-11-7(4)10/h2-3H2,1H3,(H,8,9). The second-order valence-corrected chi connectivity index (χ2v) is 2.19. The van der Waals surface area contributed by atoms with Crippen molar-refractivity contribution in [1.29, 1.82) is 0 Å². The van der Waals surface area contributed by atoms with Gasteiger partial charge in [-0.3, -0.25) is 0 Å². The molecular formula is C7H8O4. The highest BCUT2D eigenvalue weighted by atomic mass is 16.5. The number of cyclic esters (lactones) is 1. The van der Waals surface area contributed by atoms with Crippen LogP contribution in [0.4, 0.5) is 0 Å². The van der Waals surface area contributed by atoms with Crippen molar-refractivity contribution >= 4 is 11.9 Å². The number of hydrogen-bond donors (Lipinski definition) is 1. The molecule has 4 heteroatoms. The predicted octanol–water partition coefficient (Wildman–Crippen LogP) is 0.334. The molecule has 0 unspecified atom stereocenters. The summed E-state index contributed by atoms with van der Waals surface area (Å²) in [6.45, 7) is 1.64. The summed E-state index contributed by atoms with van der Waals surface area (Å²) < 4.78 is 4.54. The SMILES string of the molecule is CCC1=C(C(=O)O)COC1=O. The van der Waals surface area contributed by atoms with Gasteiger partial charge in [0.1, 0.15) is 6.61 Å². The van der Waals surface area contributed by atoms with Gasteiger partial charge in [0.15, 0.2) is 0 Å². The topological polar surface area (TPSA) is 63.6 Å². The molecule has 1 heterocycles. The fourth-order valence-corrected chi connectivity index (χ4v) is 0.984. The summed E-state index contributed by atoms with van der Waals surface area (Å²) in [4.78, 5) is 21.2. The van der Waals surface area contributed by atoms with Crippen molar-refractivity contribution in [3.63, 3.8) is 0 Å². The number of aliphatic carboxylic acids is 1. The molecule has 0 spiro atoms. The smallest absolute Gasteiger partial charge is 0.335 e. The number of hydrogen-bond acceptors (Lipinski definition) is 3. The first kappa shape index (κ1) is 7.78. The third-order valence-corrected chi connectivity index (χ3v) is 1.57. The quantitative estimate of drug-likeness (QED) is 0.585. The lowest BCUT2D eigenvalue weighted by Gasteiger charge is -1.91. The largest absolute Gasteiger partial charge is 0.478 e. The number of carboxylic acid groups (broad SMARTS) is 1. The van der Waals surface area contributed by atoms with Crippen molar-refractivity contribution in [1.82, 2.24) is 0 Å². The van der Waals surface area contributed by atoms with E-state index in [1.54, 1.807) is 6.92 Å². The Morgan fingerprint density at radius 2 is 2.36 bits per heavy atom. The van der Waals surface area contributed by atoms with Crippen LogP contribution in [-0.4, -0.2) is 23.7 Å². The molecule has 1 aliphatic rings. The van der Waals surface area contributed by atoms with Crippen molar-refractivity contribution in [3.05, 3.63) is 11.1 Å². The van der Waals surface area contributed by atoms with E-state index in [0.717, 1.165) is 0 Å². The van der Waals surface area contributed by atoms with E-state index < -0.39 is 11.9 Å². The van der Waals surface area contributed by atoms with Gasteiger partial charge in [-0.25, -0.2) is 9.59 Å². The minimum absolute atomic E-state index is 0.0860. The highest BCUT2D eigenvalue weighted by Gasteiger charge is 2.27. The van der Waals surface area contributed by atoms with Crippen LogP contribution >= 0.6 is 0 Å². The Hall–Kier alpha value is -1.32. The molecule has 0 atom stereocenters. The second-order valence-electron chi connectivity index (χ2n) is 2.19. The van der Waals surface area contributed by atoms with E-state index in [-0.39, 0.29) is 17.8 Å². The summed E-state index contributed by atoms with van der Waals surface area (Å²) in [5.41, 5.74) is 0.384.